The summed E-state index contributed by atoms with van der Waals surface area (Å²) in [6.45, 7) is 0.575. The average molecular weight is 418 g/mol. The molecular weight excluding hydrogens is 390 g/mol. The second-order valence-electron chi connectivity index (χ2n) is 7.99. The van der Waals surface area contributed by atoms with E-state index in [2.05, 4.69) is 32.5 Å². The van der Waals surface area contributed by atoms with E-state index in [9.17, 15) is 9.90 Å². The van der Waals surface area contributed by atoms with Crippen molar-refractivity contribution in [1.29, 1.82) is 0 Å². The summed E-state index contributed by atoms with van der Waals surface area (Å²) >= 11 is 0. The number of rotatable bonds is 6. The molecule has 31 heavy (non-hydrogen) atoms. The SMILES string of the molecule is O=C(NCCCc1cn[nH]c1)c1ccc(-n2cccn2)c(C#CC2(O)CCCCC2)c1. The number of aromatic amines is 1. The van der Waals surface area contributed by atoms with Crippen LogP contribution in [-0.2, 0) is 6.42 Å². The average Bonchev–Trinajstić information content (AvgIpc) is 3.50. The number of hydrogen-bond acceptors (Lipinski definition) is 4. The zero-order valence-electron chi connectivity index (χ0n) is 17.5. The molecule has 1 fully saturated rings. The molecule has 0 unspecified atom stereocenters. The van der Waals surface area contributed by atoms with E-state index in [-0.39, 0.29) is 5.91 Å². The Bertz CT molecular complexity index is 1060. The van der Waals surface area contributed by atoms with Crippen molar-refractivity contribution in [2.24, 2.45) is 0 Å². The lowest BCUT2D eigenvalue weighted by atomic mass is 9.85. The van der Waals surface area contributed by atoms with E-state index in [0.29, 0.717) is 30.5 Å². The molecule has 1 amide bonds. The third kappa shape index (κ3) is 5.41. The van der Waals surface area contributed by atoms with Crippen molar-refractivity contribution in [3.05, 3.63) is 65.7 Å². The Kier molecular flexibility index (Phi) is 6.48. The van der Waals surface area contributed by atoms with Gasteiger partial charge in [0.05, 0.1) is 17.4 Å². The van der Waals surface area contributed by atoms with Gasteiger partial charge in [0.1, 0.15) is 5.60 Å². The lowest BCUT2D eigenvalue weighted by molar-refractivity contribution is 0.0610. The Balaban J connectivity index is 1.50. The number of nitrogens with one attached hydrogen (secondary N) is 2. The van der Waals surface area contributed by atoms with Gasteiger partial charge in [0, 0.05) is 30.7 Å². The molecule has 0 bridgehead atoms. The lowest BCUT2D eigenvalue weighted by Gasteiger charge is -2.26. The fourth-order valence-electron chi connectivity index (χ4n) is 3.84. The first kappa shape index (κ1) is 20.9. The molecule has 1 saturated carbocycles. The summed E-state index contributed by atoms with van der Waals surface area (Å²) in [5.74, 6) is 6.08. The number of hydrogen-bond donors (Lipinski definition) is 3. The maximum atomic E-state index is 12.7. The fourth-order valence-corrected chi connectivity index (χ4v) is 3.84. The van der Waals surface area contributed by atoms with Gasteiger partial charge in [-0.3, -0.25) is 9.89 Å². The number of benzene rings is 1. The van der Waals surface area contributed by atoms with Gasteiger partial charge < -0.3 is 10.4 Å². The predicted octanol–water partition coefficient (Wildman–Crippen LogP) is 3.00. The number of nitrogens with zero attached hydrogens (tertiary/aromatic N) is 3. The van der Waals surface area contributed by atoms with Gasteiger partial charge in [0.15, 0.2) is 0 Å². The third-order valence-corrected chi connectivity index (χ3v) is 5.60. The molecule has 3 aromatic rings. The van der Waals surface area contributed by atoms with Gasteiger partial charge in [-0.15, -0.1) is 0 Å². The molecule has 1 aromatic carbocycles. The minimum Gasteiger partial charge on any atom is -0.378 e. The molecule has 0 atom stereocenters. The van der Waals surface area contributed by atoms with E-state index in [1.807, 2.05) is 24.5 Å². The highest BCUT2D eigenvalue weighted by molar-refractivity contribution is 5.95. The summed E-state index contributed by atoms with van der Waals surface area (Å²) in [4.78, 5) is 12.7. The largest absolute Gasteiger partial charge is 0.378 e. The van der Waals surface area contributed by atoms with Crippen molar-refractivity contribution in [1.82, 2.24) is 25.3 Å². The summed E-state index contributed by atoms with van der Waals surface area (Å²) in [7, 11) is 0. The van der Waals surface area contributed by atoms with Crippen LogP contribution in [0.1, 0.15) is 60.0 Å². The van der Waals surface area contributed by atoms with Gasteiger partial charge in [-0.1, -0.05) is 18.3 Å². The van der Waals surface area contributed by atoms with Crippen molar-refractivity contribution in [3.63, 3.8) is 0 Å². The van der Waals surface area contributed by atoms with E-state index < -0.39 is 5.60 Å². The highest BCUT2D eigenvalue weighted by Crippen LogP contribution is 2.27. The highest BCUT2D eigenvalue weighted by Gasteiger charge is 2.26. The molecule has 3 N–H and O–H groups in total. The first-order valence-electron chi connectivity index (χ1n) is 10.8. The molecule has 2 aromatic heterocycles. The quantitative estimate of drug-likeness (QED) is 0.424. The van der Waals surface area contributed by atoms with E-state index in [1.54, 1.807) is 29.2 Å². The minimum absolute atomic E-state index is 0.140. The lowest BCUT2D eigenvalue weighted by Crippen LogP contribution is -2.29. The maximum Gasteiger partial charge on any atom is 0.251 e. The molecule has 0 saturated heterocycles. The fraction of sp³-hybridized carbons (Fsp3) is 0.375. The van der Waals surface area contributed by atoms with Crippen LogP contribution in [0, 0.1) is 11.8 Å². The topological polar surface area (TPSA) is 95.8 Å². The van der Waals surface area contributed by atoms with Crippen LogP contribution >= 0.6 is 0 Å². The molecule has 0 spiro atoms. The van der Waals surface area contributed by atoms with Gasteiger partial charge in [-0.25, -0.2) is 4.68 Å². The molecule has 1 aliphatic carbocycles. The number of aryl methyl sites for hydroxylation is 1. The summed E-state index contributed by atoms with van der Waals surface area (Å²) in [5.41, 5.74) is 2.17. The summed E-state index contributed by atoms with van der Waals surface area (Å²) < 4.78 is 1.72. The smallest absolute Gasteiger partial charge is 0.251 e. The Morgan fingerprint density at radius 3 is 2.90 bits per heavy atom. The van der Waals surface area contributed by atoms with Gasteiger partial charge in [0.2, 0.25) is 0 Å². The van der Waals surface area contributed by atoms with Crippen molar-refractivity contribution in [3.8, 4) is 17.5 Å². The third-order valence-electron chi connectivity index (χ3n) is 5.60. The second-order valence-corrected chi connectivity index (χ2v) is 7.99. The Labute approximate surface area is 181 Å². The highest BCUT2D eigenvalue weighted by atomic mass is 16.3. The number of aromatic nitrogens is 4. The van der Waals surface area contributed by atoms with Gasteiger partial charge in [-0.2, -0.15) is 10.2 Å². The van der Waals surface area contributed by atoms with E-state index in [4.69, 9.17) is 0 Å². The number of aliphatic hydroxyl groups is 1. The molecule has 1 aliphatic rings. The first-order valence-corrected chi connectivity index (χ1v) is 10.8. The van der Waals surface area contributed by atoms with E-state index in [1.165, 1.54) is 0 Å². The van der Waals surface area contributed by atoms with Crippen molar-refractivity contribution >= 4 is 5.91 Å². The second kappa shape index (κ2) is 9.63. The van der Waals surface area contributed by atoms with Crippen molar-refractivity contribution in [2.45, 2.75) is 50.5 Å². The van der Waals surface area contributed by atoms with Gasteiger partial charge in [0.25, 0.3) is 5.91 Å². The summed E-state index contributed by atoms with van der Waals surface area (Å²) in [6.07, 6.45) is 13.4. The summed E-state index contributed by atoms with van der Waals surface area (Å²) in [5, 5.41) is 24.8. The van der Waals surface area contributed by atoms with E-state index in [0.717, 1.165) is 43.4 Å². The number of carbonyl (C=O) groups excluding carboxylic acids is 1. The van der Waals surface area contributed by atoms with Crippen LogP contribution in [0.25, 0.3) is 5.69 Å². The van der Waals surface area contributed by atoms with Crippen LogP contribution < -0.4 is 5.32 Å². The summed E-state index contributed by atoms with van der Waals surface area (Å²) in [6, 6.07) is 7.25. The molecule has 0 radical (unpaired) electrons. The number of amides is 1. The molecule has 160 valence electrons. The van der Waals surface area contributed by atoms with Crippen LogP contribution in [0.2, 0.25) is 0 Å². The maximum absolute atomic E-state index is 12.7. The molecule has 2 heterocycles. The Hall–Kier alpha value is -3.37. The van der Waals surface area contributed by atoms with Crippen LogP contribution in [0.3, 0.4) is 0 Å². The number of carbonyl (C=O) groups is 1. The van der Waals surface area contributed by atoms with Gasteiger partial charge >= 0.3 is 0 Å². The van der Waals surface area contributed by atoms with Crippen LogP contribution in [-0.4, -0.2) is 43.1 Å². The zero-order valence-corrected chi connectivity index (χ0v) is 17.5. The standard InChI is InChI=1S/C24H27N5O2/c30-23(25-13-4-6-19-17-26-27-18-19)21-7-8-22(29-15-5-14-28-29)20(16-21)9-12-24(31)10-2-1-3-11-24/h5,7-8,14-18,31H,1-4,6,10-11,13H2,(H,25,30)(H,26,27). The van der Waals surface area contributed by atoms with Gasteiger partial charge in [-0.05, 0) is 68.4 Å². The minimum atomic E-state index is -0.953. The number of H-pyrrole nitrogens is 1. The monoisotopic (exact) mass is 417 g/mol. The Morgan fingerprint density at radius 1 is 1.29 bits per heavy atom. The first-order chi connectivity index (χ1) is 15.1. The van der Waals surface area contributed by atoms with Crippen molar-refractivity contribution in [2.75, 3.05) is 6.54 Å². The molecular formula is C24H27N5O2. The predicted molar refractivity (Wildman–Crippen MR) is 118 cm³/mol. The van der Waals surface area contributed by atoms with Crippen LogP contribution in [0.5, 0.6) is 0 Å². The zero-order chi connectivity index (χ0) is 21.5. The van der Waals surface area contributed by atoms with E-state index >= 15 is 0 Å². The molecule has 7 nitrogen and oxygen atoms in total. The molecule has 4 rings (SSSR count). The van der Waals surface area contributed by atoms with Crippen molar-refractivity contribution < 1.29 is 9.90 Å². The normalized spacial score (nSPS) is 15.1. The van der Waals surface area contributed by atoms with Crippen LogP contribution in [0.4, 0.5) is 0 Å². The van der Waals surface area contributed by atoms with Crippen LogP contribution in [0.15, 0.2) is 49.1 Å². The molecule has 0 aliphatic heterocycles. The Morgan fingerprint density at radius 2 is 2.16 bits per heavy atom. The molecule has 7 heteroatoms.